The number of esters is 1. The largest absolute Gasteiger partial charge is 0.481 e. The van der Waals surface area contributed by atoms with Gasteiger partial charge >= 0.3 is 5.97 Å². The van der Waals surface area contributed by atoms with Gasteiger partial charge in [-0.05, 0) is 69.2 Å². The highest BCUT2D eigenvalue weighted by atomic mass is 32.2. The van der Waals surface area contributed by atoms with Crippen molar-refractivity contribution in [1.29, 1.82) is 0 Å². The Morgan fingerprint density at radius 2 is 1.38 bits per heavy atom. The van der Waals surface area contributed by atoms with E-state index in [1.54, 1.807) is 0 Å². The quantitative estimate of drug-likeness (QED) is 0.101. The molecule has 0 aliphatic carbocycles. The summed E-state index contributed by atoms with van der Waals surface area (Å²) < 4.78 is 52.0. The van der Waals surface area contributed by atoms with Crippen molar-refractivity contribution >= 4 is 16.9 Å². The van der Waals surface area contributed by atoms with Crippen LogP contribution in [0.25, 0.3) is 0 Å². The summed E-state index contributed by atoms with van der Waals surface area (Å²) in [6.45, 7) is 6.46. The summed E-state index contributed by atoms with van der Waals surface area (Å²) in [6, 6.07) is 25.9. The number of benzene rings is 4. The molecule has 4 aromatic carbocycles. The summed E-state index contributed by atoms with van der Waals surface area (Å²) in [7, 11) is -0.329. The number of hydrogen-bond acceptors (Lipinski definition) is 3. The fraction of sp³-hybridized carbons (Fsp3) is 0.182. The first-order valence-corrected chi connectivity index (χ1v) is 13.7. The first-order chi connectivity index (χ1) is 19.0. The molecule has 0 bridgehead atoms. The van der Waals surface area contributed by atoms with Gasteiger partial charge < -0.3 is 9.47 Å². The molecule has 7 heteroatoms. The number of aryl methyl sites for hydroxylation is 2. The second kappa shape index (κ2) is 12.4. The van der Waals surface area contributed by atoms with Crippen molar-refractivity contribution in [3.05, 3.63) is 119 Å². The van der Waals surface area contributed by atoms with Gasteiger partial charge in [-0.3, -0.25) is 0 Å². The van der Waals surface area contributed by atoms with Crippen molar-refractivity contribution in [1.82, 2.24) is 0 Å². The highest BCUT2D eigenvalue weighted by Gasteiger charge is 2.30. The molecular formula is C33H28F3O3S+. The van der Waals surface area contributed by atoms with E-state index >= 15 is 0 Å². The monoisotopic (exact) mass is 561 g/mol. The Bertz CT molecular complexity index is 1510. The molecule has 0 fully saturated rings. The van der Waals surface area contributed by atoms with Crippen molar-refractivity contribution < 1.29 is 27.4 Å². The van der Waals surface area contributed by atoms with Gasteiger partial charge in [0.05, 0.1) is 16.5 Å². The third-order valence-electron chi connectivity index (χ3n) is 5.82. The minimum atomic E-state index is -1.36. The van der Waals surface area contributed by atoms with E-state index in [-0.39, 0.29) is 17.5 Å². The molecule has 0 amide bonds. The lowest BCUT2D eigenvalue weighted by atomic mass is 10.1. The Hall–Kier alpha value is -4.15. The second-order valence-corrected chi connectivity index (χ2v) is 11.6. The van der Waals surface area contributed by atoms with Gasteiger partial charge in [-0.1, -0.05) is 48.2 Å². The summed E-state index contributed by atoms with van der Waals surface area (Å²) >= 11 is 0. The van der Waals surface area contributed by atoms with E-state index in [4.69, 9.17) is 9.47 Å². The van der Waals surface area contributed by atoms with Crippen LogP contribution >= 0.6 is 0 Å². The van der Waals surface area contributed by atoms with Crippen LogP contribution in [0.1, 0.15) is 30.5 Å². The highest BCUT2D eigenvalue weighted by molar-refractivity contribution is 7.97. The maximum absolute atomic E-state index is 13.9. The summed E-state index contributed by atoms with van der Waals surface area (Å²) in [5.41, 5.74) is -0.0811. The summed E-state index contributed by atoms with van der Waals surface area (Å²) in [5, 5.41) is 0. The molecule has 0 aliphatic heterocycles. The number of ether oxygens (including phenoxy) is 2. The van der Waals surface area contributed by atoms with Gasteiger partial charge in [0.25, 0.3) is 0 Å². The zero-order chi connectivity index (χ0) is 28.9. The van der Waals surface area contributed by atoms with Crippen molar-refractivity contribution in [3.63, 3.8) is 0 Å². The van der Waals surface area contributed by atoms with Crippen LogP contribution in [-0.2, 0) is 20.4 Å². The molecule has 4 rings (SSSR count). The maximum atomic E-state index is 13.9. The number of hydrogen-bond donors (Lipinski definition) is 0. The van der Waals surface area contributed by atoms with E-state index in [1.807, 2.05) is 50.2 Å². The van der Waals surface area contributed by atoms with E-state index in [0.29, 0.717) is 11.8 Å². The van der Waals surface area contributed by atoms with Gasteiger partial charge in [0.1, 0.15) is 11.6 Å². The number of halogens is 3. The van der Waals surface area contributed by atoms with Crippen molar-refractivity contribution in [2.45, 2.75) is 48.0 Å². The Morgan fingerprint density at radius 3 is 1.93 bits per heavy atom. The van der Waals surface area contributed by atoms with Crippen molar-refractivity contribution in [3.8, 4) is 17.6 Å². The second-order valence-electron chi connectivity index (χ2n) is 9.59. The smallest absolute Gasteiger partial charge is 0.345 e. The summed E-state index contributed by atoms with van der Waals surface area (Å²) in [4.78, 5) is 16.1. The lowest BCUT2D eigenvalue weighted by molar-refractivity contribution is -0.154. The fourth-order valence-corrected chi connectivity index (χ4v) is 6.38. The maximum Gasteiger partial charge on any atom is 0.345 e. The van der Waals surface area contributed by atoms with Crippen LogP contribution in [0.15, 0.2) is 99.6 Å². The lowest BCUT2D eigenvalue weighted by Crippen LogP contribution is -2.29. The molecule has 0 aliphatic rings. The normalized spacial score (nSPS) is 11.1. The molecule has 0 N–H and O–H groups in total. The highest BCUT2D eigenvalue weighted by Crippen LogP contribution is 2.35. The Balaban J connectivity index is 1.49. The first kappa shape index (κ1) is 28.8. The average Bonchev–Trinajstić information content (AvgIpc) is 2.90. The zero-order valence-corrected chi connectivity index (χ0v) is 23.4. The molecule has 40 heavy (non-hydrogen) atoms. The average molecular weight is 562 g/mol. The molecule has 0 unspecified atom stereocenters. The predicted molar refractivity (Wildman–Crippen MR) is 150 cm³/mol. The van der Waals surface area contributed by atoms with Gasteiger partial charge in [-0.2, -0.15) is 0 Å². The number of carbonyl (C=O) groups excluding carboxylic acids is 1. The molecule has 0 heterocycles. The van der Waals surface area contributed by atoms with Crippen LogP contribution in [0.3, 0.4) is 0 Å². The first-order valence-electron chi connectivity index (χ1n) is 12.5. The molecule has 0 atom stereocenters. The fourth-order valence-electron chi connectivity index (χ4n) is 4.11. The van der Waals surface area contributed by atoms with Crippen molar-refractivity contribution in [2.75, 3.05) is 6.61 Å². The standard InChI is InChI=1S/C33H28F3O3S/c1-22-17-28(40(26-11-7-5-8-12-26)27-13-9-6-10-14-27)18-23(2)32(22)38-21-30(37)39-33(3,4)16-15-24-19-25(34)20-29(35)31(24)36/h5-14,17-20H,21H2,1-4H3/q+1. The molecule has 4 aromatic rings. The number of rotatable bonds is 7. The SMILES string of the molecule is Cc1cc([S+](c2ccccc2)c2ccccc2)cc(C)c1OCC(=O)OC(C)(C)C#Cc1cc(F)cc(F)c1F. The van der Waals surface area contributed by atoms with Gasteiger partial charge in [-0.15, -0.1) is 0 Å². The van der Waals surface area contributed by atoms with E-state index in [9.17, 15) is 18.0 Å². The third kappa shape index (κ3) is 7.08. The van der Waals surface area contributed by atoms with E-state index in [0.717, 1.165) is 22.1 Å². The molecule has 204 valence electrons. The van der Waals surface area contributed by atoms with Gasteiger partial charge in [-0.25, -0.2) is 18.0 Å². The van der Waals surface area contributed by atoms with Gasteiger partial charge in [0.2, 0.25) is 0 Å². The molecular weight excluding hydrogens is 533 g/mol. The van der Waals surface area contributed by atoms with Crippen LogP contribution in [-0.4, -0.2) is 18.2 Å². The van der Waals surface area contributed by atoms with E-state index in [1.165, 1.54) is 23.6 Å². The molecule has 0 saturated heterocycles. The third-order valence-corrected chi connectivity index (χ3v) is 8.02. The molecule has 0 saturated carbocycles. The van der Waals surface area contributed by atoms with Crippen LogP contribution in [0, 0.1) is 43.1 Å². The summed E-state index contributed by atoms with van der Waals surface area (Å²) in [5.74, 6) is 1.22. The van der Waals surface area contributed by atoms with E-state index < -0.39 is 34.6 Å². The molecule has 0 aromatic heterocycles. The van der Waals surface area contributed by atoms with E-state index in [2.05, 4.69) is 48.2 Å². The molecule has 0 radical (unpaired) electrons. The topological polar surface area (TPSA) is 35.5 Å². The van der Waals surface area contributed by atoms with Crippen molar-refractivity contribution in [2.24, 2.45) is 0 Å². The zero-order valence-electron chi connectivity index (χ0n) is 22.6. The van der Waals surface area contributed by atoms with Gasteiger partial charge in [0, 0.05) is 18.2 Å². The Kier molecular flexibility index (Phi) is 8.91. The minimum Gasteiger partial charge on any atom is -0.481 e. The van der Waals surface area contributed by atoms with Crippen LogP contribution in [0.2, 0.25) is 0 Å². The predicted octanol–water partition coefficient (Wildman–Crippen LogP) is 7.57. The van der Waals surface area contributed by atoms with Gasteiger partial charge in [0.15, 0.2) is 38.5 Å². The molecule has 0 spiro atoms. The Labute approximate surface area is 235 Å². The van der Waals surface area contributed by atoms with Crippen LogP contribution in [0.5, 0.6) is 5.75 Å². The molecule has 3 nitrogen and oxygen atoms in total. The van der Waals surface area contributed by atoms with Crippen LogP contribution in [0.4, 0.5) is 13.2 Å². The van der Waals surface area contributed by atoms with Crippen LogP contribution < -0.4 is 4.74 Å². The Morgan fingerprint density at radius 1 is 0.825 bits per heavy atom. The summed E-state index contributed by atoms with van der Waals surface area (Å²) in [6.07, 6.45) is 0. The minimum absolute atomic E-state index is 0.329. The lowest BCUT2D eigenvalue weighted by Gasteiger charge is -2.20. The number of carbonyl (C=O) groups is 1.